The minimum atomic E-state index is 0.177. The van der Waals surface area contributed by atoms with E-state index in [1.807, 2.05) is 6.07 Å². The van der Waals surface area contributed by atoms with Gasteiger partial charge in [-0.1, -0.05) is 6.07 Å². The van der Waals surface area contributed by atoms with E-state index in [1.165, 1.54) is 16.7 Å². The predicted octanol–water partition coefficient (Wildman–Crippen LogP) is 2.99. The molecule has 0 aliphatic carbocycles. The molecule has 3 nitrogen and oxygen atoms in total. The number of rotatable bonds is 4. The number of hydrogen-bond donors (Lipinski definition) is 1. The highest BCUT2D eigenvalue weighted by Gasteiger charge is 2.07. The Morgan fingerprint density at radius 1 is 1.05 bits per heavy atom. The molecule has 19 heavy (non-hydrogen) atoms. The van der Waals surface area contributed by atoms with Gasteiger partial charge in [-0.05, 0) is 56.0 Å². The molecule has 1 heterocycles. The van der Waals surface area contributed by atoms with E-state index in [0.717, 1.165) is 17.1 Å². The van der Waals surface area contributed by atoms with Crippen molar-refractivity contribution in [1.82, 2.24) is 9.97 Å². The Hall–Kier alpha value is -1.74. The normalized spacial score (nSPS) is 10.7. The van der Waals surface area contributed by atoms with Crippen LogP contribution in [0.25, 0.3) is 11.3 Å². The van der Waals surface area contributed by atoms with Gasteiger partial charge in [-0.2, -0.15) is 0 Å². The van der Waals surface area contributed by atoms with Gasteiger partial charge in [0.25, 0.3) is 0 Å². The van der Waals surface area contributed by atoms with Crippen molar-refractivity contribution in [2.45, 2.75) is 33.6 Å². The minimum absolute atomic E-state index is 0.177. The Morgan fingerprint density at radius 2 is 1.79 bits per heavy atom. The summed E-state index contributed by atoms with van der Waals surface area (Å²) >= 11 is 0. The summed E-state index contributed by atoms with van der Waals surface area (Å²) in [5.74, 6) is 0.796. The van der Waals surface area contributed by atoms with Crippen LogP contribution in [0.15, 0.2) is 24.4 Å². The van der Waals surface area contributed by atoms with Crippen molar-refractivity contribution in [3.05, 3.63) is 46.9 Å². The second-order valence-corrected chi connectivity index (χ2v) is 4.94. The molecular weight excluding hydrogens is 236 g/mol. The van der Waals surface area contributed by atoms with Crippen LogP contribution >= 0.6 is 0 Å². The average Bonchev–Trinajstić information content (AvgIpc) is 2.41. The Kier molecular flexibility index (Phi) is 4.27. The Bertz CT molecular complexity index is 579. The van der Waals surface area contributed by atoms with Gasteiger partial charge in [-0.15, -0.1) is 0 Å². The molecule has 0 atom stereocenters. The van der Waals surface area contributed by atoms with Crippen molar-refractivity contribution in [1.29, 1.82) is 0 Å². The molecule has 0 aliphatic heterocycles. The van der Waals surface area contributed by atoms with Gasteiger partial charge in [0.2, 0.25) is 0 Å². The van der Waals surface area contributed by atoms with E-state index in [4.69, 9.17) is 5.11 Å². The van der Waals surface area contributed by atoms with Gasteiger partial charge >= 0.3 is 0 Å². The lowest BCUT2D eigenvalue weighted by Crippen LogP contribution is -1.99. The molecule has 0 saturated carbocycles. The molecular formula is C16H20N2O. The summed E-state index contributed by atoms with van der Waals surface area (Å²) in [7, 11) is 0. The first-order valence-corrected chi connectivity index (χ1v) is 6.63. The topological polar surface area (TPSA) is 46.0 Å². The zero-order valence-corrected chi connectivity index (χ0v) is 11.8. The van der Waals surface area contributed by atoms with E-state index in [9.17, 15) is 0 Å². The van der Waals surface area contributed by atoms with Crippen molar-refractivity contribution >= 4 is 0 Å². The molecule has 100 valence electrons. The second-order valence-electron chi connectivity index (χ2n) is 4.94. The number of nitrogens with zero attached hydrogens (tertiary/aromatic N) is 2. The van der Waals surface area contributed by atoms with E-state index in [1.54, 1.807) is 6.20 Å². The van der Waals surface area contributed by atoms with E-state index >= 15 is 0 Å². The lowest BCUT2D eigenvalue weighted by molar-refractivity contribution is 0.287. The van der Waals surface area contributed by atoms with Crippen LogP contribution in [-0.4, -0.2) is 21.7 Å². The zero-order valence-electron chi connectivity index (χ0n) is 11.8. The number of aliphatic hydroxyl groups is 1. The summed E-state index contributed by atoms with van der Waals surface area (Å²) in [6.07, 6.45) is 3.22. The maximum atomic E-state index is 8.87. The van der Waals surface area contributed by atoms with E-state index in [2.05, 4.69) is 42.9 Å². The largest absolute Gasteiger partial charge is 0.396 e. The summed E-state index contributed by atoms with van der Waals surface area (Å²) in [5, 5.41) is 8.87. The second kappa shape index (κ2) is 5.93. The number of hydrogen-bond acceptors (Lipinski definition) is 3. The highest BCUT2D eigenvalue weighted by atomic mass is 16.2. The maximum absolute atomic E-state index is 8.87. The highest BCUT2D eigenvalue weighted by molar-refractivity contribution is 5.65. The van der Waals surface area contributed by atoms with Crippen molar-refractivity contribution in [3.63, 3.8) is 0 Å². The van der Waals surface area contributed by atoms with Crippen molar-refractivity contribution in [3.8, 4) is 11.3 Å². The fourth-order valence-corrected chi connectivity index (χ4v) is 2.14. The third kappa shape index (κ3) is 3.18. The van der Waals surface area contributed by atoms with Crippen molar-refractivity contribution in [2.75, 3.05) is 6.61 Å². The third-order valence-corrected chi connectivity index (χ3v) is 3.38. The first-order chi connectivity index (χ1) is 9.11. The van der Waals surface area contributed by atoms with E-state index in [-0.39, 0.29) is 6.61 Å². The molecule has 2 rings (SSSR count). The SMILES string of the molecule is Cc1cc(C)c(-c2ccnc(CCCO)n2)cc1C. The molecule has 0 spiro atoms. The van der Waals surface area contributed by atoms with Crippen LogP contribution in [0, 0.1) is 20.8 Å². The monoisotopic (exact) mass is 256 g/mol. The number of aliphatic hydroxyl groups excluding tert-OH is 1. The van der Waals surface area contributed by atoms with Gasteiger partial charge in [-0.25, -0.2) is 9.97 Å². The zero-order chi connectivity index (χ0) is 13.8. The number of benzene rings is 1. The fourth-order valence-electron chi connectivity index (χ4n) is 2.14. The fraction of sp³-hybridized carbons (Fsp3) is 0.375. The molecule has 1 aromatic carbocycles. The van der Waals surface area contributed by atoms with Crippen LogP contribution in [0.5, 0.6) is 0 Å². The summed E-state index contributed by atoms with van der Waals surface area (Å²) in [6, 6.07) is 6.32. The summed E-state index contributed by atoms with van der Waals surface area (Å²) in [6.45, 7) is 6.53. The van der Waals surface area contributed by atoms with Crippen LogP contribution in [0.3, 0.4) is 0 Å². The standard InChI is InChI=1S/C16H20N2O/c1-11-9-13(3)14(10-12(11)2)15-6-7-17-16(18-15)5-4-8-19/h6-7,9-10,19H,4-5,8H2,1-3H3. The Balaban J connectivity index is 2.38. The molecule has 0 unspecified atom stereocenters. The van der Waals surface area contributed by atoms with Crippen LogP contribution in [0.4, 0.5) is 0 Å². The first-order valence-electron chi connectivity index (χ1n) is 6.63. The van der Waals surface area contributed by atoms with Crippen molar-refractivity contribution in [2.24, 2.45) is 0 Å². The van der Waals surface area contributed by atoms with E-state index in [0.29, 0.717) is 12.8 Å². The van der Waals surface area contributed by atoms with Gasteiger partial charge in [-0.3, -0.25) is 0 Å². The van der Waals surface area contributed by atoms with Gasteiger partial charge < -0.3 is 5.11 Å². The predicted molar refractivity (Wildman–Crippen MR) is 77.1 cm³/mol. The molecule has 0 aliphatic rings. The van der Waals surface area contributed by atoms with Gasteiger partial charge in [0.15, 0.2) is 0 Å². The van der Waals surface area contributed by atoms with Crippen molar-refractivity contribution < 1.29 is 5.11 Å². The lowest BCUT2D eigenvalue weighted by Gasteiger charge is -2.10. The summed E-state index contributed by atoms with van der Waals surface area (Å²) in [4.78, 5) is 8.84. The molecule has 0 bridgehead atoms. The molecule has 0 saturated heterocycles. The summed E-state index contributed by atoms with van der Waals surface area (Å²) in [5.41, 5.74) is 5.93. The number of aryl methyl sites for hydroxylation is 4. The smallest absolute Gasteiger partial charge is 0.129 e. The summed E-state index contributed by atoms with van der Waals surface area (Å²) < 4.78 is 0. The number of aromatic nitrogens is 2. The van der Waals surface area contributed by atoms with Gasteiger partial charge in [0, 0.05) is 24.8 Å². The minimum Gasteiger partial charge on any atom is -0.396 e. The van der Waals surface area contributed by atoms with Gasteiger partial charge in [0.05, 0.1) is 5.69 Å². The van der Waals surface area contributed by atoms with E-state index < -0.39 is 0 Å². The third-order valence-electron chi connectivity index (χ3n) is 3.38. The molecule has 1 aromatic heterocycles. The van der Waals surface area contributed by atoms with Crippen LogP contribution < -0.4 is 0 Å². The van der Waals surface area contributed by atoms with Crippen LogP contribution in [-0.2, 0) is 6.42 Å². The van der Waals surface area contributed by atoms with Crippen LogP contribution in [0.1, 0.15) is 28.9 Å². The van der Waals surface area contributed by atoms with Gasteiger partial charge in [0.1, 0.15) is 5.82 Å². The Labute approximate surface area is 114 Å². The maximum Gasteiger partial charge on any atom is 0.129 e. The molecule has 2 aromatic rings. The molecule has 0 radical (unpaired) electrons. The molecule has 0 fully saturated rings. The molecule has 1 N–H and O–H groups in total. The lowest BCUT2D eigenvalue weighted by atomic mass is 9.98. The first kappa shape index (κ1) is 13.7. The Morgan fingerprint density at radius 3 is 2.53 bits per heavy atom. The van der Waals surface area contributed by atoms with Crippen LogP contribution in [0.2, 0.25) is 0 Å². The molecule has 0 amide bonds. The highest BCUT2D eigenvalue weighted by Crippen LogP contribution is 2.24. The quantitative estimate of drug-likeness (QED) is 0.914. The average molecular weight is 256 g/mol. The molecule has 3 heteroatoms.